The Kier molecular flexibility index (Phi) is 3.90. The van der Waals surface area contributed by atoms with Gasteiger partial charge in [0, 0.05) is 32.1 Å². The zero-order chi connectivity index (χ0) is 15.2. The molecule has 2 heterocycles. The van der Waals surface area contributed by atoms with Crippen molar-refractivity contribution in [1.29, 1.82) is 0 Å². The number of hydrogen-bond donors (Lipinski definition) is 1. The number of halogens is 1. The fourth-order valence-corrected chi connectivity index (χ4v) is 5.68. The fourth-order valence-electron chi connectivity index (χ4n) is 4.49. The first-order valence-electron chi connectivity index (χ1n) is 8.49. The van der Waals surface area contributed by atoms with E-state index in [0.717, 1.165) is 17.0 Å². The average molecular weight is 328 g/mol. The summed E-state index contributed by atoms with van der Waals surface area (Å²) in [5.74, 6) is 1.67. The first-order chi connectivity index (χ1) is 10.6. The molecule has 0 aromatic rings. The van der Waals surface area contributed by atoms with Crippen molar-refractivity contribution in [1.82, 2.24) is 5.32 Å². The van der Waals surface area contributed by atoms with E-state index in [-0.39, 0.29) is 6.73 Å². The Morgan fingerprint density at radius 1 is 1.27 bits per heavy atom. The van der Waals surface area contributed by atoms with Gasteiger partial charge in [-0.2, -0.15) is 0 Å². The van der Waals surface area contributed by atoms with Crippen molar-refractivity contribution < 1.29 is 13.9 Å². The molecule has 4 aliphatic rings. The summed E-state index contributed by atoms with van der Waals surface area (Å²) in [5.41, 5.74) is -1.34. The van der Waals surface area contributed by atoms with Gasteiger partial charge >= 0.3 is 0 Å². The number of amidine groups is 1. The highest BCUT2D eigenvalue weighted by Gasteiger charge is 2.54. The van der Waals surface area contributed by atoms with Gasteiger partial charge in [-0.05, 0) is 38.0 Å². The van der Waals surface area contributed by atoms with Crippen LogP contribution in [0.5, 0.6) is 0 Å². The summed E-state index contributed by atoms with van der Waals surface area (Å²) in [6.07, 6.45) is 6.12. The van der Waals surface area contributed by atoms with Crippen LogP contribution in [0.3, 0.4) is 0 Å². The molecular formula is C16H25FN2O2S. The first kappa shape index (κ1) is 15.2. The lowest BCUT2D eigenvalue weighted by Crippen LogP contribution is -2.55. The molecule has 0 radical (unpaired) electrons. The van der Waals surface area contributed by atoms with Crippen LogP contribution in [0.1, 0.15) is 45.4 Å². The summed E-state index contributed by atoms with van der Waals surface area (Å²) in [4.78, 5) is 3.58. The minimum Gasteiger partial charge on any atom is -0.381 e. The molecule has 4 atom stereocenters. The molecule has 3 fully saturated rings. The number of hydrogen-bond acceptors (Lipinski definition) is 5. The van der Waals surface area contributed by atoms with E-state index < -0.39 is 10.6 Å². The highest BCUT2D eigenvalue weighted by Crippen LogP contribution is 2.49. The maximum absolute atomic E-state index is 15.4. The number of rotatable bonds is 2. The molecule has 2 saturated carbocycles. The van der Waals surface area contributed by atoms with Crippen molar-refractivity contribution in [3.63, 3.8) is 0 Å². The van der Waals surface area contributed by atoms with Gasteiger partial charge in [0.05, 0.1) is 0 Å². The summed E-state index contributed by atoms with van der Waals surface area (Å²) < 4.78 is 26.5. The van der Waals surface area contributed by atoms with Gasteiger partial charge in [-0.1, -0.05) is 18.2 Å². The Labute approximate surface area is 135 Å². The van der Waals surface area contributed by atoms with E-state index in [1.165, 1.54) is 37.4 Å². The Morgan fingerprint density at radius 2 is 2.09 bits per heavy atom. The predicted octanol–water partition coefficient (Wildman–Crippen LogP) is 3.08. The van der Waals surface area contributed by atoms with Gasteiger partial charge in [0.25, 0.3) is 0 Å². The first-order valence-corrected chi connectivity index (χ1v) is 9.30. The summed E-state index contributed by atoms with van der Waals surface area (Å²) >= 11 is 1.44. The van der Waals surface area contributed by atoms with Crippen LogP contribution in [-0.2, 0) is 9.47 Å². The summed E-state index contributed by atoms with van der Waals surface area (Å²) in [5, 5.41) is 4.47. The van der Waals surface area contributed by atoms with Crippen LogP contribution < -0.4 is 5.32 Å². The number of fused-ring (bicyclic) bond motifs is 2. The van der Waals surface area contributed by atoms with Crippen molar-refractivity contribution in [3.8, 4) is 0 Å². The summed E-state index contributed by atoms with van der Waals surface area (Å²) in [6, 6.07) is 0.526. The number of aliphatic imine (C=N–C) groups is 1. The van der Waals surface area contributed by atoms with Crippen molar-refractivity contribution >= 4 is 16.9 Å². The lowest BCUT2D eigenvalue weighted by Gasteiger charge is -2.45. The Morgan fingerprint density at radius 3 is 2.77 bits per heavy atom. The molecule has 0 spiro atoms. The Hall–Kier alpha value is -0.330. The van der Waals surface area contributed by atoms with E-state index >= 15 is 4.39 Å². The largest absolute Gasteiger partial charge is 0.381 e. The number of nitrogens with zero attached hydrogens (tertiary/aromatic N) is 1. The van der Waals surface area contributed by atoms with E-state index in [1.807, 2.05) is 6.92 Å². The molecule has 2 bridgehead atoms. The maximum Gasteiger partial charge on any atom is 0.162 e. The number of nitrogens with one attached hydrogen (secondary N) is 1. The fraction of sp³-hybridized carbons (Fsp3) is 0.938. The monoisotopic (exact) mass is 328 g/mol. The van der Waals surface area contributed by atoms with E-state index in [1.54, 1.807) is 0 Å². The Balaban J connectivity index is 1.43. The molecular weight excluding hydrogens is 303 g/mol. The molecule has 1 saturated heterocycles. The second-order valence-corrected chi connectivity index (χ2v) is 8.66. The molecule has 0 amide bonds. The molecule has 2 aliphatic heterocycles. The van der Waals surface area contributed by atoms with Gasteiger partial charge in [-0.25, -0.2) is 9.38 Å². The zero-order valence-corrected chi connectivity index (χ0v) is 14.0. The third kappa shape index (κ3) is 2.57. The van der Waals surface area contributed by atoms with Crippen LogP contribution in [0.15, 0.2) is 4.99 Å². The van der Waals surface area contributed by atoms with Crippen LogP contribution in [0, 0.1) is 11.8 Å². The number of ether oxygens (including phenoxy) is 2. The van der Waals surface area contributed by atoms with Crippen LogP contribution in [0.25, 0.3) is 0 Å². The highest BCUT2D eigenvalue weighted by molar-refractivity contribution is 8.14. The highest BCUT2D eigenvalue weighted by atomic mass is 32.2. The smallest absolute Gasteiger partial charge is 0.162 e. The minimum atomic E-state index is -1.34. The second-order valence-electron chi connectivity index (χ2n) is 7.29. The topological polar surface area (TPSA) is 42.9 Å². The van der Waals surface area contributed by atoms with Gasteiger partial charge in [-0.15, -0.1) is 0 Å². The molecule has 6 heteroatoms. The van der Waals surface area contributed by atoms with E-state index in [9.17, 15) is 0 Å². The molecule has 1 unspecified atom stereocenters. The van der Waals surface area contributed by atoms with E-state index in [4.69, 9.17) is 9.47 Å². The van der Waals surface area contributed by atoms with Crippen LogP contribution in [-0.4, -0.2) is 41.8 Å². The minimum absolute atomic E-state index is 0.249. The van der Waals surface area contributed by atoms with Gasteiger partial charge in [0.15, 0.2) is 15.8 Å². The number of alkyl halides is 1. The quantitative estimate of drug-likeness (QED) is 0.846. The molecule has 2 aliphatic carbocycles. The normalized spacial score (nSPS) is 43.9. The molecule has 22 heavy (non-hydrogen) atoms. The maximum atomic E-state index is 15.4. The van der Waals surface area contributed by atoms with E-state index in [2.05, 4.69) is 10.3 Å². The lowest BCUT2D eigenvalue weighted by atomic mass is 9.90. The van der Waals surface area contributed by atoms with Gasteiger partial charge in [0.2, 0.25) is 0 Å². The molecule has 4 nitrogen and oxygen atoms in total. The van der Waals surface area contributed by atoms with Crippen LogP contribution >= 0.6 is 11.8 Å². The number of thioether (sulfide) groups is 1. The van der Waals surface area contributed by atoms with Crippen molar-refractivity contribution in [3.05, 3.63) is 0 Å². The molecule has 124 valence electrons. The standard InChI is InChI=1S/C16H25FN2O2S/c1-15(16(17)4-6-20-7-5-16)21-10-18-14(22-15)19-13-9-11-2-3-12(13)8-11/h11-13H,2-10H2,1H3,(H,18,19)/t11-,12+,13+,15?/m1/s1. The summed E-state index contributed by atoms with van der Waals surface area (Å²) in [7, 11) is 0. The molecule has 0 aromatic heterocycles. The van der Waals surface area contributed by atoms with Crippen molar-refractivity contribution in [2.24, 2.45) is 16.8 Å². The zero-order valence-electron chi connectivity index (χ0n) is 13.1. The third-order valence-corrected chi connectivity index (χ3v) is 7.30. The second kappa shape index (κ2) is 5.64. The van der Waals surface area contributed by atoms with Crippen LogP contribution in [0.2, 0.25) is 0 Å². The SMILES string of the molecule is CC1(C2(F)CCOCC2)OCN=C(N[C@H]2C[C@@H]3CC[C@H]2C3)S1. The molecule has 0 aromatic carbocycles. The molecule has 1 N–H and O–H groups in total. The molecule has 4 rings (SSSR count). The third-order valence-electron chi connectivity index (χ3n) is 5.99. The Bertz CT molecular complexity index is 469. The average Bonchev–Trinajstić information content (AvgIpc) is 3.11. The van der Waals surface area contributed by atoms with Crippen LogP contribution in [0.4, 0.5) is 4.39 Å². The predicted molar refractivity (Wildman–Crippen MR) is 85.6 cm³/mol. The van der Waals surface area contributed by atoms with Crippen molar-refractivity contribution in [2.45, 2.75) is 62.1 Å². The summed E-state index contributed by atoms with van der Waals surface area (Å²) in [6.45, 7) is 3.07. The van der Waals surface area contributed by atoms with E-state index in [0.29, 0.717) is 32.1 Å². The lowest BCUT2D eigenvalue weighted by molar-refractivity contribution is -0.120. The van der Waals surface area contributed by atoms with Crippen molar-refractivity contribution in [2.75, 3.05) is 19.9 Å². The van der Waals surface area contributed by atoms with Gasteiger partial charge in [-0.3, -0.25) is 0 Å². The van der Waals surface area contributed by atoms with Gasteiger partial charge < -0.3 is 14.8 Å². The van der Waals surface area contributed by atoms with Gasteiger partial charge in [0.1, 0.15) is 6.73 Å².